The van der Waals surface area contributed by atoms with E-state index in [9.17, 15) is 4.79 Å². The van der Waals surface area contributed by atoms with Gasteiger partial charge in [0.05, 0.1) is 36.3 Å². The quantitative estimate of drug-likeness (QED) is 0.846. The lowest BCUT2D eigenvalue weighted by molar-refractivity contribution is -0.0632. The zero-order chi connectivity index (χ0) is 16.7. The highest BCUT2D eigenvalue weighted by molar-refractivity contribution is 5.91. The predicted molar refractivity (Wildman–Crippen MR) is 83.2 cm³/mol. The molecule has 2 aromatic heterocycles. The molecule has 0 bridgehead atoms. The van der Waals surface area contributed by atoms with Crippen molar-refractivity contribution < 1.29 is 14.1 Å². The first-order valence-electron chi connectivity index (χ1n) is 8.37. The summed E-state index contributed by atoms with van der Waals surface area (Å²) in [5, 5.41) is 12.1. The van der Waals surface area contributed by atoms with Crippen LogP contribution in [0.25, 0.3) is 0 Å². The summed E-state index contributed by atoms with van der Waals surface area (Å²) in [5.74, 6) is 0.659. The molecule has 0 spiro atoms. The number of carbonyl (C=O) groups excluding carboxylic acids is 1. The Bertz CT molecular complexity index is 738. The van der Waals surface area contributed by atoms with Crippen molar-refractivity contribution in [2.24, 2.45) is 5.92 Å². The summed E-state index contributed by atoms with van der Waals surface area (Å²) in [7, 11) is 0. The minimum Gasteiger partial charge on any atom is -0.368 e. The summed E-state index contributed by atoms with van der Waals surface area (Å²) in [6.07, 6.45) is 3.27. The number of amides is 1. The maximum absolute atomic E-state index is 12.7. The van der Waals surface area contributed by atoms with Gasteiger partial charge in [0.1, 0.15) is 0 Å². The van der Waals surface area contributed by atoms with Gasteiger partial charge in [-0.05, 0) is 18.8 Å². The largest absolute Gasteiger partial charge is 0.368 e. The number of nitrogens with zero attached hydrogens (tertiary/aromatic N) is 5. The monoisotopic (exact) mass is 331 g/mol. The highest BCUT2D eigenvalue weighted by Gasteiger charge is 2.38. The van der Waals surface area contributed by atoms with Crippen molar-refractivity contribution in [3.05, 3.63) is 29.4 Å². The van der Waals surface area contributed by atoms with E-state index in [2.05, 4.69) is 29.3 Å². The Balaban J connectivity index is 1.45. The van der Waals surface area contributed by atoms with E-state index in [0.29, 0.717) is 31.4 Å². The number of hydrogen-bond acceptors (Lipinski definition) is 6. The van der Waals surface area contributed by atoms with E-state index in [1.807, 2.05) is 4.68 Å². The van der Waals surface area contributed by atoms with E-state index >= 15 is 0 Å². The summed E-state index contributed by atoms with van der Waals surface area (Å²) in [4.78, 5) is 14.5. The first-order chi connectivity index (χ1) is 11.6. The predicted octanol–water partition coefficient (Wildman–Crippen LogP) is 1.45. The second-order valence-corrected chi connectivity index (χ2v) is 6.91. The van der Waals surface area contributed by atoms with E-state index in [4.69, 9.17) is 9.26 Å². The van der Waals surface area contributed by atoms with Crippen molar-refractivity contribution in [3.63, 3.8) is 0 Å². The number of piperidine rings is 1. The van der Waals surface area contributed by atoms with E-state index in [1.54, 1.807) is 17.2 Å². The van der Waals surface area contributed by atoms with Gasteiger partial charge in [-0.3, -0.25) is 4.79 Å². The topological polar surface area (TPSA) is 86.3 Å². The van der Waals surface area contributed by atoms with Crippen LogP contribution in [0, 0.1) is 5.92 Å². The molecule has 128 valence electrons. The van der Waals surface area contributed by atoms with Crippen LogP contribution >= 0.6 is 0 Å². The highest BCUT2D eigenvalue weighted by Crippen LogP contribution is 2.31. The van der Waals surface area contributed by atoms with E-state index < -0.39 is 0 Å². The van der Waals surface area contributed by atoms with Crippen LogP contribution in [0.4, 0.5) is 0 Å². The molecule has 0 radical (unpaired) electrons. The number of aromatic nitrogens is 4. The fourth-order valence-electron chi connectivity index (χ4n) is 3.45. The third-order valence-corrected chi connectivity index (χ3v) is 4.61. The van der Waals surface area contributed by atoms with E-state index in [0.717, 1.165) is 24.2 Å². The molecule has 0 aliphatic carbocycles. The van der Waals surface area contributed by atoms with Crippen molar-refractivity contribution in [3.8, 4) is 0 Å². The molecule has 4 heterocycles. The summed E-state index contributed by atoms with van der Waals surface area (Å²) in [6, 6.07) is 1.90. The van der Waals surface area contributed by atoms with Crippen molar-refractivity contribution in [1.29, 1.82) is 0 Å². The number of likely N-dealkylation sites (tertiary alicyclic amines) is 1. The molecule has 0 N–H and O–H groups in total. The van der Waals surface area contributed by atoms with Gasteiger partial charge < -0.3 is 14.2 Å². The fraction of sp³-hybridized carbons (Fsp3) is 0.625. The van der Waals surface area contributed by atoms with Crippen LogP contribution < -0.4 is 0 Å². The molecule has 4 rings (SSSR count). The van der Waals surface area contributed by atoms with Crippen LogP contribution in [-0.4, -0.2) is 50.2 Å². The van der Waals surface area contributed by atoms with Gasteiger partial charge in [-0.25, -0.2) is 4.68 Å². The lowest BCUT2D eigenvalue weighted by Gasteiger charge is -2.40. The molecule has 24 heavy (non-hydrogen) atoms. The molecule has 0 unspecified atom stereocenters. The number of ether oxygens (including phenoxy) is 1. The zero-order valence-corrected chi connectivity index (χ0v) is 13.9. The molecule has 2 aliphatic heterocycles. The van der Waals surface area contributed by atoms with Gasteiger partial charge in [0.25, 0.3) is 5.91 Å². The second kappa shape index (κ2) is 6.01. The minimum absolute atomic E-state index is 0.0602. The zero-order valence-electron chi connectivity index (χ0n) is 13.9. The van der Waals surface area contributed by atoms with Crippen LogP contribution in [0.2, 0.25) is 0 Å². The van der Waals surface area contributed by atoms with Gasteiger partial charge >= 0.3 is 0 Å². The molecule has 2 atom stereocenters. The average molecular weight is 331 g/mol. The van der Waals surface area contributed by atoms with E-state index in [-0.39, 0.29) is 18.1 Å². The van der Waals surface area contributed by atoms with Gasteiger partial charge in [-0.2, -0.15) is 0 Å². The molecule has 8 heteroatoms. The average Bonchev–Trinajstić information content (AvgIpc) is 3.22. The SMILES string of the molecule is CC(C)Cc1cc(C(=O)N2CC[C@H]3[C@H](C2)OCc2cnnn23)on1. The smallest absolute Gasteiger partial charge is 0.292 e. The van der Waals surface area contributed by atoms with Crippen LogP contribution in [0.3, 0.4) is 0 Å². The molecule has 1 amide bonds. The van der Waals surface area contributed by atoms with Crippen LogP contribution in [0.15, 0.2) is 16.8 Å². The van der Waals surface area contributed by atoms with Gasteiger partial charge in [-0.1, -0.05) is 24.2 Å². The summed E-state index contributed by atoms with van der Waals surface area (Å²) < 4.78 is 13.1. The summed E-state index contributed by atoms with van der Waals surface area (Å²) >= 11 is 0. The number of fused-ring (bicyclic) bond motifs is 3. The Labute approximate surface area is 139 Å². The molecule has 8 nitrogen and oxygen atoms in total. The Morgan fingerprint density at radius 2 is 2.33 bits per heavy atom. The Morgan fingerprint density at radius 1 is 1.46 bits per heavy atom. The molecular formula is C16H21N5O3. The second-order valence-electron chi connectivity index (χ2n) is 6.91. The lowest BCUT2D eigenvalue weighted by atomic mass is 10.00. The van der Waals surface area contributed by atoms with E-state index in [1.165, 1.54) is 0 Å². The van der Waals surface area contributed by atoms with Crippen LogP contribution in [0.5, 0.6) is 0 Å². The van der Waals surface area contributed by atoms with Crippen molar-refractivity contribution in [2.75, 3.05) is 13.1 Å². The van der Waals surface area contributed by atoms with Crippen molar-refractivity contribution in [2.45, 2.75) is 45.4 Å². The van der Waals surface area contributed by atoms with Crippen LogP contribution in [0.1, 0.15) is 48.3 Å². The molecule has 2 aromatic rings. The molecule has 1 fully saturated rings. The van der Waals surface area contributed by atoms with Gasteiger partial charge in [0.15, 0.2) is 0 Å². The number of carbonyl (C=O) groups is 1. The van der Waals surface area contributed by atoms with Crippen LogP contribution in [-0.2, 0) is 17.8 Å². The van der Waals surface area contributed by atoms with Gasteiger partial charge in [0, 0.05) is 19.2 Å². The molecule has 2 aliphatic rings. The number of rotatable bonds is 3. The third kappa shape index (κ3) is 2.71. The first-order valence-corrected chi connectivity index (χ1v) is 8.37. The Hall–Kier alpha value is -2.22. The van der Waals surface area contributed by atoms with Gasteiger partial charge in [0.2, 0.25) is 5.76 Å². The minimum atomic E-state index is -0.121. The normalized spacial score (nSPS) is 23.2. The maximum Gasteiger partial charge on any atom is 0.292 e. The summed E-state index contributed by atoms with van der Waals surface area (Å²) in [6.45, 7) is 5.88. The molecular weight excluding hydrogens is 310 g/mol. The van der Waals surface area contributed by atoms with Crippen molar-refractivity contribution >= 4 is 5.91 Å². The number of hydrogen-bond donors (Lipinski definition) is 0. The molecule has 0 saturated carbocycles. The molecule has 0 aromatic carbocycles. The first kappa shape index (κ1) is 15.3. The fourth-order valence-corrected chi connectivity index (χ4v) is 3.45. The standard InChI is InChI=1S/C16H21N5O3/c1-10(2)5-11-6-14(24-18-11)16(22)20-4-3-13-15(8-20)23-9-12-7-17-19-21(12)13/h6-7,10,13,15H,3-5,8-9H2,1-2H3/t13-,15-/m0/s1. The maximum atomic E-state index is 12.7. The lowest BCUT2D eigenvalue weighted by Crippen LogP contribution is -2.50. The molecule has 1 saturated heterocycles. The van der Waals surface area contributed by atoms with Crippen molar-refractivity contribution in [1.82, 2.24) is 25.1 Å². The highest BCUT2D eigenvalue weighted by atomic mass is 16.5. The van der Waals surface area contributed by atoms with Gasteiger partial charge in [-0.15, -0.1) is 5.10 Å². The summed E-state index contributed by atoms with van der Waals surface area (Å²) in [5.41, 5.74) is 1.81. The Kier molecular flexibility index (Phi) is 3.84. The Morgan fingerprint density at radius 3 is 3.17 bits per heavy atom. The third-order valence-electron chi connectivity index (χ3n) is 4.61.